The largest absolute Gasteiger partial charge is 0.322 e. The molecule has 0 aliphatic rings. The second-order valence-electron chi connectivity index (χ2n) is 6.41. The fraction of sp³-hybridized carbons (Fsp3) is 0.0435. The molecule has 3 aromatic carbocycles. The molecule has 1 amide bonds. The van der Waals surface area contributed by atoms with E-state index in [1.165, 1.54) is 23.5 Å². The van der Waals surface area contributed by atoms with Gasteiger partial charge in [-0.05, 0) is 65.9 Å². The highest BCUT2D eigenvalue weighted by atomic mass is 35.5. The van der Waals surface area contributed by atoms with E-state index in [0.717, 1.165) is 15.5 Å². The monoisotopic (exact) mass is 454 g/mol. The Hall–Kier alpha value is -2.67. The van der Waals surface area contributed by atoms with Crippen molar-refractivity contribution in [3.63, 3.8) is 0 Å². The highest BCUT2D eigenvalue weighted by Gasteiger charge is 2.16. The van der Waals surface area contributed by atoms with Crippen LogP contribution in [0.4, 0.5) is 10.1 Å². The predicted octanol–water partition coefficient (Wildman–Crippen LogP) is 7.24. The lowest BCUT2D eigenvalue weighted by atomic mass is 9.99. The summed E-state index contributed by atoms with van der Waals surface area (Å²) in [6.07, 6.45) is 3.67. The summed E-state index contributed by atoms with van der Waals surface area (Å²) in [5, 5.41) is 6.14. The number of halogens is 2. The van der Waals surface area contributed by atoms with E-state index in [-0.39, 0.29) is 11.7 Å². The van der Waals surface area contributed by atoms with Crippen molar-refractivity contribution in [1.82, 2.24) is 4.98 Å². The van der Waals surface area contributed by atoms with Gasteiger partial charge in [0.05, 0.1) is 5.02 Å². The molecular formula is C23H16ClFN2OS2. The molecule has 0 unspecified atom stereocenters. The molecule has 0 aliphatic carbocycles. The first-order valence-electron chi connectivity index (χ1n) is 9.00. The maximum Gasteiger partial charge on any atom is 0.256 e. The minimum absolute atomic E-state index is 0.283. The molecule has 0 radical (unpaired) electrons. The van der Waals surface area contributed by atoms with Crippen LogP contribution >= 0.6 is 34.7 Å². The molecule has 1 N–H and O–H groups in total. The molecule has 0 aliphatic heterocycles. The van der Waals surface area contributed by atoms with Crippen LogP contribution in [0.5, 0.6) is 0 Å². The quantitative estimate of drug-likeness (QED) is 0.323. The Kier molecular flexibility index (Phi) is 6.18. The first kappa shape index (κ1) is 20.6. The number of anilines is 1. The third kappa shape index (κ3) is 4.41. The summed E-state index contributed by atoms with van der Waals surface area (Å²) in [6, 6.07) is 17.1. The topological polar surface area (TPSA) is 42.0 Å². The van der Waals surface area contributed by atoms with Crippen LogP contribution < -0.4 is 5.32 Å². The van der Waals surface area contributed by atoms with Crippen LogP contribution in [0.3, 0.4) is 0 Å². The van der Waals surface area contributed by atoms with Crippen molar-refractivity contribution in [2.45, 2.75) is 4.90 Å². The van der Waals surface area contributed by atoms with Gasteiger partial charge in [0.1, 0.15) is 10.8 Å². The van der Waals surface area contributed by atoms with E-state index in [1.807, 2.05) is 23.8 Å². The molecule has 0 fully saturated rings. The summed E-state index contributed by atoms with van der Waals surface area (Å²) < 4.78 is 13.8. The molecule has 150 valence electrons. The van der Waals surface area contributed by atoms with Gasteiger partial charge in [-0.1, -0.05) is 23.7 Å². The van der Waals surface area contributed by atoms with E-state index >= 15 is 0 Å². The zero-order valence-electron chi connectivity index (χ0n) is 15.9. The van der Waals surface area contributed by atoms with Crippen LogP contribution in [0.2, 0.25) is 5.02 Å². The van der Waals surface area contributed by atoms with Gasteiger partial charge in [-0.3, -0.25) is 4.79 Å². The van der Waals surface area contributed by atoms with Gasteiger partial charge in [0.2, 0.25) is 0 Å². The zero-order chi connectivity index (χ0) is 21.1. The van der Waals surface area contributed by atoms with Gasteiger partial charge in [0.25, 0.3) is 5.91 Å². The van der Waals surface area contributed by atoms with Gasteiger partial charge in [0, 0.05) is 33.3 Å². The molecule has 4 aromatic rings. The summed E-state index contributed by atoms with van der Waals surface area (Å²) in [5.74, 6) is -0.631. The van der Waals surface area contributed by atoms with Crippen LogP contribution in [0.1, 0.15) is 10.4 Å². The van der Waals surface area contributed by atoms with E-state index in [1.54, 1.807) is 54.4 Å². The molecule has 0 atom stereocenters. The van der Waals surface area contributed by atoms with Crippen molar-refractivity contribution in [2.24, 2.45) is 0 Å². The minimum Gasteiger partial charge on any atom is -0.322 e. The number of hydrogen-bond acceptors (Lipinski definition) is 4. The number of carbonyl (C=O) groups is 1. The fourth-order valence-electron chi connectivity index (χ4n) is 3.06. The molecule has 0 saturated carbocycles. The molecule has 7 heteroatoms. The fourth-order valence-corrected chi connectivity index (χ4v) is 4.44. The third-order valence-corrected chi connectivity index (χ3v) is 6.36. The Bertz CT molecular complexity index is 1210. The number of benzene rings is 3. The van der Waals surface area contributed by atoms with Gasteiger partial charge in [-0.25, -0.2) is 9.37 Å². The summed E-state index contributed by atoms with van der Waals surface area (Å²) in [4.78, 5) is 18.4. The van der Waals surface area contributed by atoms with Crippen LogP contribution in [-0.2, 0) is 0 Å². The van der Waals surface area contributed by atoms with E-state index in [0.29, 0.717) is 27.4 Å². The summed E-state index contributed by atoms with van der Waals surface area (Å²) in [7, 11) is 0. The Morgan fingerprint density at radius 3 is 2.70 bits per heavy atom. The highest BCUT2D eigenvalue weighted by molar-refractivity contribution is 7.98. The van der Waals surface area contributed by atoms with E-state index in [4.69, 9.17) is 11.6 Å². The van der Waals surface area contributed by atoms with Gasteiger partial charge in [-0.2, -0.15) is 0 Å². The first-order chi connectivity index (χ1) is 14.5. The van der Waals surface area contributed by atoms with Crippen molar-refractivity contribution in [3.05, 3.63) is 88.6 Å². The number of amides is 1. The molecule has 1 aromatic heterocycles. The number of rotatable bonds is 5. The predicted molar refractivity (Wildman–Crippen MR) is 124 cm³/mol. The lowest BCUT2D eigenvalue weighted by Gasteiger charge is -2.13. The number of aromatic nitrogens is 1. The summed E-state index contributed by atoms with van der Waals surface area (Å²) >= 11 is 9.35. The van der Waals surface area contributed by atoms with Crippen LogP contribution in [0.15, 0.2) is 77.1 Å². The Morgan fingerprint density at radius 1 is 1.10 bits per heavy atom. The van der Waals surface area contributed by atoms with Gasteiger partial charge < -0.3 is 5.32 Å². The van der Waals surface area contributed by atoms with Crippen LogP contribution in [-0.4, -0.2) is 17.1 Å². The normalized spacial score (nSPS) is 10.8. The Labute approximate surface area is 186 Å². The first-order valence-corrected chi connectivity index (χ1v) is 11.5. The van der Waals surface area contributed by atoms with Gasteiger partial charge in [0.15, 0.2) is 0 Å². The number of thiazole rings is 1. The number of hydrogen-bond donors (Lipinski definition) is 1. The van der Waals surface area contributed by atoms with Gasteiger partial charge >= 0.3 is 0 Å². The van der Waals surface area contributed by atoms with Crippen LogP contribution in [0.25, 0.3) is 21.7 Å². The number of thioether (sulfide) groups is 1. The lowest BCUT2D eigenvalue weighted by molar-refractivity contribution is 0.102. The molecule has 30 heavy (non-hydrogen) atoms. The third-order valence-electron chi connectivity index (χ3n) is 4.49. The van der Waals surface area contributed by atoms with E-state index in [9.17, 15) is 9.18 Å². The van der Waals surface area contributed by atoms with Crippen molar-refractivity contribution in [1.29, 1.82) is 0 Å². The van der Waals surface area contributed by atoms with E-state index in [2.05, 4.69) is 10.3 Å². The molecule has 0 saturated heterocycles. The van der Waals surface area contributed by atoms with Crippen LogP contribution in [0, 0.1) is 5.82 Å². The maximum atomic E-state index is 13.8. The zero-order valence-corrected chi connectivity index (χ0v) is 18.2. The second-order valence-corrected chi connectivity index (χ2v) is 8.59. The number of nitrogens with one attached hydrogen (secondary N) is 1. The SMILES string of the molecule is CSc1ccc(C(=O)Nc2ccc(Cl)c(-c3nccs3)c2)c(-c2cccc(F)c2)c1. The van der Waals surface area contributed by atoms with Gasteiger partial charge in [-0.15, -0.1) is 23.1 Å². The summed E-state index contributed by atoms with van der Waals surface area (Å²) in [6.45, 7) is 0. The average Bonchev–Trinajstić information content (AvgIpc) is 3.29. The van der Waals surface area contributed by atoms with Crippen molar-refractivity contribution in [3.8, 4) is 21.7 Å². The summed E-state index contributed by atoms with van der Waals surface area (Å²) in [5.41, 5.74) is 3.15. The lowest BCUT2D eigenvalue weighted by Crippen LogP contribution is -2.13. The van der Waals surface area contributed by atoms with E-state index < -0.39 is 0 Å². The molecular weight excluding hydrogens is 439 g/mol. The molecule has 3 nitrogen and oxygen atoms in total. The number of carbonyl (C=O) groups excluding carboxylic acids is 1. The standard InChI is InChI=1S/C23H16ClFN2OS2/c1-29-17-6-7-18(19(13-17)14-3-2-4-15(25)11-14)22(28)27-16-5-8-21(24)20(12-16)23-26-9-10-30-23/h2-13H,1H3,(H,27,28). The Morgan fingerprint density at radius 2 is 1.97 bits per heavy atom. The minimum atomic E-state index is -0.348. The molecule has 0 bridgehead atoms. The van der Waals surface area contributed by atoms with Crippen molar-refractivity contribution < 1.29 is 9.18 Å². The Balaban J connectivity index is 1.70. The smallest absolute Gasteiger partial charge is 0.256 e. The molecule has 4 rings (SSSR count). The maximum absolute atomic E-state index is 13.8. The van der Waals surface area contributed by atoms with Crippen molar-refractivity contribution >= 4 is 46.3 Å². The molecule has 0 spiro atoms. The van der Waals surface area contributed by atoms with Crippen molar-refractivity contribution in [2.75, 3.05) is 11.6 Å². The highest BCUT2D eigenvalue weighted by Crippen LogP contribution is 2.33. The average molecular weight is 455 g/mol. The number of nitrogens with zero attached hydrogens (tertiary/aromatic N) is 1. The molecule has 1 heterocycles. The second kappa shape index (κ2) is 9.00.